The normalized spacial score (nSPS) is 12.5. The lowest BCUT2D eigenvalue weighted by Gasteiger charge is -2.22. The average Bonchev–Trinajstić information content (AvgIpc) is 2.24. The molecule has 0 amide bonds. The van der Waals surface area contributed by atoms with Crippen molar-refractivity contribution in [3.05, 3.63) is 47.0 Å². The van der Waals surface area contributed by atoms with Crippen LogP contribution in [0.2, 0.25) is 0 Å². The molecule has 0 aliphatic rings. The highest BCUT2D eigenvalue weighted by atomic mass is 14.9. The van der Waals surface area contributed by atoms with E-state index < -0.39 is 0 Å². The highest BCUT2D eigenvalue weighted by Crippen LogP contribution is 2.26. The van der Waals surface area contributed by atoms with Crippen LogP contribution in [0.5, 0.6) is 0 Å². The van der Waals surface area contributed by atoms with Gasteiger partial charge in [-0.25, -0.2) is 0 Å². The summed E-state index contributed by atoms with van der Waals surface area (Å²) in [7, 11) is 0. The van der Waals surface area contributed by atoms with Crippen LogP contribution in [0.3, 0.4) is 0 Å². The Hall–Kier alpha value is -1.08. The quantitative estimate of drug-likeness (QED) is 0.722. The maximum absolute atomic E-state index is 3.82. The Morgan fingerprint density at radius 3 is 2.29 bits per heavy atom. The third-order valence-electron chi connectivity index (χ3n) is 3.20. The molecular formula is C16H25N. The van der Waals surface area contributed by atoms with Crippen molar-refractivity contribution < 1.29 is 0 Å². The number of allylic oxidation sites excluding steroid dienone is 1. The Morgan fingerprint density at radius 2 is 1.82 bits per heavy atom. The van der Waals surface area contributed by atoms with Crippen molar-refractivity contribution in [1.29, 1.82) is 0 Å². The fraction of sp³-hybridized carbons (Fsp3) is 0.500. The number of nitrogens with one attached hydrogen (secondary N) is 1. The predicted molar refractivity (Wildman–Crippen MR) is 76.5 cm³/mol. The molecule has 1 rings (SSSR count). The summed E-state index contributed by atoms with van der Waals surface area (Å²) in [4.78, 5) is 0. The molecule has 17 heavy (non-hydrogen) atoms. The van der Waals surface area contributed by atoms with Gasteiger partial charge in [-0.3, -0.25) is 0 Å². The second-order valence-electron chi connectivity index (χ2n) is 4.79. The summed E-state index contributed by atoms with van der Waals surface area (Å²) in [5, 5.41) is 3.59. The highest BCUT2D eigenvalue weighted by Gasteiger charge is 2.14. The molecule has 0 radical (unpaired) electrons. The summed E-state index contributed by atoms with van der Waals surface area (Å²) in [5.41, 5.74) is 5.62. The van der Waals surface area contributed by atoms with Gasteiger partial charge in [0.1, 0.15) is 0 Å². The van der Waals surface area contributed by atoms with Crippen molar-refractivity contribution in [2.45, 2.75) is 46.6 Å². The van der Waals surface area contributed by atoms with Crippen LogP contribution in [-0.4, -0.2) is 6.54 Å². The van der Waals surface area contributed by atoms with E-state index in [0.29, 0.717) is 6.04 Å². The van der Waals surface area contributed by atoms with E-state index in [4.69, 9.17) is 0 Å². The molecule has 1 unspecified atom stereocenters. The van der Waals surface area contributed by atoms with Gasteiger partial charge in [-0.05, 0) is 56.8 Å². The van der Waals surface area contributed by atoms with Gasteiger partial charge in [0, 0.05) is 6.04 Å². The molecule has 1 heteroatoms. The lowest BCUT2D eigenvalue weighted by atomic mass is 9.91. The molecule has 0 heterocycles. The molecule has 1 atom stereocenters. The molecule has 0 fully saturated rings. The summed E-state index contributed by atoms with van der Waals surface area (Å²) in [5.74, 6) is 0. The standard InChI is InChI=1S/C16H25N/c1-6-8-9-15(17-7-2)16-13(4)10-12(3)11-14(16)5/h6,10-11,15,17H,1,7-9H2,2-5H3. The van der Waals surface area contributed by atoms with E-state index >= 15 is 0 Å². The predicted octanol–water partition coefficient (Wildman–Crippen LogP) is 4.23. The van der Waals surface area contributed by atoms with E-state index in [1.165, 1.54) is 22.3 Å². The summed E-state index contributed by atoms with van der Waals surface area (Å²) < 4.78 is 0. The molecule has 1 N–H and O–H groups in total. The Balaban J connectivity index is 3.03. The minimum Gasteiger partial charge on any atom is -0.310 e. The fourth-order valence-corrected chi connectivity index (χ4v) is 2.62. The van der Waals surface area contributed by atoms with E-state index in [1.807, 2.05) is 6.08 Å². The summed E-state index contributed by atoms with van der Waals surface area (Å²) in [6.45, 7) is 13.6. The zero-order chi connectivity index (χ0) is 12.8. The summed E-state index contributed by atoms with van der Waals surface area (Å²) >= 11 is 0. The molecule has 94 valence electrons. The van der Waals surface area contributed by atoms with E-state index in [0.717, 1.165) is 19.4 Å². The van der Waals surface area contributed by atoms with Crippen LogP contribution >= 0.6 is 0 Å². The largest absolute Gasteiger partial charge is 0.310 e. The topological polar surface area (TPSA) is 12.0 Å². The van der Waals surface area contributed by atoms with Gasteiger partial charge in [-0.2, -0.15) is 0 Å². The molecule has 0 aliphatic heterocycles. The summed E-state index contributed by atoms with van der Waals surface area (Å²) in [6, 6.07) is 5.01. The molecule has 0 aromatic heterocycles. The van der Waals surface area contributed by atoms with E-state index in [2.05, 4.69) is 51.7 Å². The first kappa shape index (κ1) is 14.0. The van der Waals surface area contributed by atoms with Gasteiger partial charge in [0.05, 0.1) is 0 Å². The third-order valence-corrected chi connectivity index (χ3v) is 3.20. The fourth-order valence-electron chi connectivity index (χ4n) is 2.62. The third kappa shape index (κ3) is 3.71. The first-order valence-corrected chi connectivity index (χ1v) is 6.52. The number of hydrogen-bond donors (Lipinski definition) is 1. The molecule has 0 bridgehead atoms. The maximum Gasteiger partial charge on any atom is 0.0328 e. The van der Waals surface area contributed by atoms with Crippen molar-refractivity contribution in [1.82, 2.24) is 5.32 Å². The molecule has 1 aromatic carbocycles. The van der Waals surface area contributed by atoms with Crippen LogP contribution < -0.4 is 5.32 Å². The molecule has 0 aliphatic carbocycles. The van der Waals surface area contributed by atoms with Crippen LogP contribution in [0, 0.1) is 20.8 Å². The van der Waals surface area contributed by atoms with Gasteiger partial charge in [-0.1, -0.05) is 30.7 Å². The van der Waals surface area contributed by atoms with Crippen LogP contribution in [0.15, 0.2) is 24.8 Å². The van der Waals surface area contributed by atoms with Crippen LogP contribution in [0.25, 0.3) is 0 Å². The Morgan fingerprint density at radius 1 is 1.24 bits per heavy atom. The van der Waals surface area contributed by atoms with E-state index in [9.17, 15) is 0 Å². The van der Waals surface area contributed by atoms with Crippen molar-refractivity contribution in [3.63, 3.8) is 0 Å². The van der Waals surface area contributed by atoms with Crippen molar-refractivity contribution in [3.8, 4) is 0 Å². The van der Waals surface area contributed by atoms with Crippen LogP contribution in [0.4, 0.5) is 0 Å². The van der Waals surface area contributed by atoms with E-state index in [-0.39, 0.29) is 0 Å². The van der Waals surface area contributed by atoms with Gasteiger partial charge < -0.3 is 5.32 Å². The van der Waals surface area contributed by atoms with Crippen LogP contribution in [0.1, 0.15) is 48.1 Å². The Labute approximate surface area is 106 Å². The van der Waals surface area contributed by atoms with Crippen LogP contribution in [-0.2, 0) is 0 Å². The van der Waals surface area contributed by atoms with Gasteiger partial charge >= 0.3 is 0 Å². The van der Waals surface area contributed by atoms with Gasteiger partial charge in [0.25, 0.3) is 0 Å². The first-order valence-electron chi connectivity index (χ1n) is 6.52. The van der Waals surface area contributed by atoms with E-state index in [1.54, 1.807) is 0 Å². The second-order valence-corrected chi connectivity index (χ2v) is 4.79. The zero-order valence-electron chi connectivity index (χ0n) is 11.6. The minimum absolute atomic E-state index is 0.457. The SMILES string of the molecule is C=CCCC(NCC)c1c(C)cc(C)cc1C. The molecule has 0 spiro atoms. The molecule has 0 saturated heterocycles. The number of hydrogen-bond acceptors (Lipinski definition) is 1. The van der Waals surface area contributed by atoms with Gasteiger partial charge in [0.2, 0.25) is 0 Å². The Kier molecular flexibility index (Phi) is 5.43. The number of rotatable bonds is 6. The van der Waals surface area contributed by atoms with Gasteiger partial charge in [0.15, 0.2) is 0 Å². The zero-order valence-corrected chi connectivity index (χ0v) is 11.6. The monoisotopic (exact) mass is 231 g/mol. The first-order chi connectivity index (χ1) is 8.10. The van der Waals surface area contributed by atoms with Crippen molar-refractivity contribution in [2.24, 2.45) is 0 Å². The molecule has 1 nitrogen and oxygen atoms in total. The average molecular weight is 231 g/mol. The van der Waals surface area contributed by atoms with Crippen molar-refractivity contribution in [2.75, 3.05) is 6.54 Å². The molecule has 0 saturated carbocycles. The second kappa shape index (κ2) is 6.61. The Bertz CT molecular complexity index is 356. The van der Waals surface area contributed by atoms with Crippen molar-refractivity contribution >= 4 is 0 Å². The lowest BCUT2D eigenvalue weighted by Crippen LogP contribution is -2.22. The highest BCUT2D eigenvalue weighted by molar-refractivity contribution is 5.39. The smallest absolute Gasteiger partial charge is 0.0328 e. The molecular weight excluding hydrogens is 206 g/mol. The minimum atomic E-state index is 0.457. The lowest BCUT2D eigenvalue weighted by molar-refractivity contribution is 0.515. The summed E-state index contributed by atoms with van der Waals surface area (Å²) in [6.07, 6.45) is 4.19. The number of benzene rings is 1. The maximum atomic E-state index is 3.82. The number of aryl methyl sites for hydroxylation is 3. The molecule has 1 aromatic rings. The van der Waals surface area contributed by atoms with Gasteiger partial charge in [-0.15, -0.1) is 6.58 Å².